The average molecular weight is 507 g/mol. The molecule has 2 aromatic carbocycles. The van der Waals surface area contributed by atoms with Crippen LogP contribution in [-0.4, -0.2) is 50.1 Å². The van der Waals surface area contributed by atoms with Gasteiger partial charge in [0, 0.05) is 41.9 Å². The van der Waals surface area contributed by atoms with E-state index in [0.29, 0.717) is 55.5 Å². The molecule has 0 spiro atoms. The van der Waals surface area contributed by atoms with Crippen molar-refractivity contribution in [3.63, 3.8) is 0 Å². The van der Waals surface area contributed by atoms with Crippen LogP contribution in [0.15, 0.2) is 52.3 Å². The van der Waals surface area contributed by atoms with Gasteiger partial charge in [0.05, 0.1) is 5.56 Å². The van der Waals surface area contributed by atoms with E-state index in [1.54, 1.807) is 36.2 Å². The van der Waals surface area contributed by atoms with E-state index in [1.807, 2.05) is 0 Å². The smallest absolute Gasteiger partial charge is 0.417 e. The Balaban J connectivity index is 1.46. The molecule has 1 fully saturated rings. The third-order valence-corrected chi connectivity index (χ3v) is 6.96. The minimum absolute atomic E-state index is 0.0403. The van der Waals surface area contributed by atoms with Gasteiger partial charge in [0.15, 0.2) is 11.5 Å². The Bertz CT molecular complexity index is 1130. The predicted molar refractivity (Wildman–Crippen MR) is 125 cm³/mol. The molecule has 2 aromatic rings. The molecule has 1 N–H and O–H groups in total. The van der Waals surface area contributed by atoms with Crippen molar-refractivity contribution in [2.75, 3.05) is 33.4 Å². The van der Waals surface area contributed by atoms with Gasteiger partial charge in [-0.25, -0.2) is 0 Å². The van der Waals surface area contributed by atoms with Crippen LogP contribution in [0.3, 0.4) is 0 Å². The number of fused-ring (bicyclic) bond motifs is 1. The van der Waals surface area contributed by atoms with Crippen molar-refractivity contribution in [3.8, 4) is 11.5 Å². The first-order valence-electron chi connectivity index (χ1n) is 11.2. The number of likely N-dealkylation sites (tertiary alicyclic amines) is 1. The van der Waals surface area contributed by atoms with E-state index in [0.717, 1.165) is 17.8 Å². The van der Waals surface area contributed by atoms with E-state index in [1.165, 1.54) is 18.2 Å². The lowest BCUT2D eigenvalue weighted by Gasteiger charge is -2.30. The van der Waals surface area contributed by atoms with Crippen LogP contribution in [0.2, 0.25) is 0 Å². The van der Waals surface area contributed by atoms with Crippen LogP contribution >= 0.6 is 11.8 Å². The van der Waals surface area contributed by atoms with Crippen molar-refractivity contribution in [2.45, 2.75) is 28.8 Å². The Labute approximate surface area is 205 Å². The van der Waals surface area contributed by atoms with Crippen molar-refractivity contribution >= 4 is 29.7 Å². The summed E-state index contributed by atoms with van der Waals surface area (Å²) in [4.78, 5) is 26.5. The summed E-state index contributed by atoms with van der Waals surface area (Å²) in [5, 5.41) is 2.61. The lowest BCUT2D eigenvalue weighted by atomic mass is 9.96. The zero-order chi connectivity index (χ0) is 25.0. The highest BCUT2D eigenvalue weighted by molar-refractivity contribution is 7.99. The number of hydrogen-bond acceptors (Lipinski definition) is 5. The molecular weight excluding hydrogens is 481 g/mol. The molecule has 0 atom stereocenters. The Kier molecular flexibility index (Phi) is 7.59. The maximum absolute atomic E-state index is 13.8. The fraction of sp³-hybridized carbons (Fsp3) is 0.360. The SMILES string of the molecule is CNC(=O)C1CCN(C(=O)/C=C/c2ccc(Sc3ccc4c(c3)OCCO4)c(C(F)(F)F)c2)CC1. The number of hydrogen-bond donors (Lipinski definition) is 1. The Morgan fingerprint density at radius 1 is 1.06 bits per heavy atom. The molecule has 2 heterocycles. The number of nitrogens with one attached hydrogen (secondary N) is 1. The molecule has 1 saturated heterocycles. The molecule has 35 heavy (non-hydrogen) atoms. The van der Waals surface area contributed by atoms with Gasteiger partial charge in [-0.05, 0) is 54.8 Å². The molecule has 2 aliphatic heterocycles. The van der Waals surface area contributed by atoms with E-state index in [-0.39, 0.29) is 28.2 Å². The first-order valence-corrected chi connectivity index (χ1v) is 12.0. The predicted octanol–water partition coefficient (Wildman–Crippen LogP) is 4.63. The molecule has 2 aliphatic rings. The van der Waals surface area contributed by atoms with Crippen LogP contribution in [-0.2, 0) is 15.8 Å². The minimum Gasteiger partial charge on any atom is -0.486 e. The van der Waals surface area contributed by atoms with Crippen LogP contribution in [0.5, 0.6) is 11.5 Å². The summed E-state index contributed by atoms with van der Waals surface area (Å²) in [6, 6.07) is 9.05. The highest BCUT2D eigenvalue weighted by Crippen LogP contribution is 2.42. The molecule has 6 nitrogen and oxygen atoms in total. The number of carbonyl (C=O) groups excluding carboxylic acids is 2. The zero-order valence-electron chi connectivity index (χ0n) is 19.1. The third kappa shape index (κ3) is 6.11. The highest BCUT2D eigenvalue weighted by atomic mass is 32.2. The summed E-state index contributed by atoms with van der Waals surface area (Å²) < 4.78 is 52.5. The first kappa shape index (κ1) is 25.0. The summed E-state index contributed by atoms with van der Waals surface area (Å²) in [6.45, 7) is 1.69. The molecule has 0 unspecified atom stereocenters. The standard InChI is InChI=1S/C25H25F3N2O4S/c1-29-24(32)17-8-10-30(11-9-17)23(31)7-3-16-2-6-22(19(14-16)25(26,27)28)35-18-4-5-20-21(15-18)34-13-12-33-20/h2-7,14-15,17H,8-13H2,1H3,(H,29,32)/b7-3+. The van der Waals surface area contributed by atoms with E-state index >= 15 is 0 Å². The molecule has 186 valence electrons. The third-order valence-electron chi connectivity index (χ3n) is 5.89. The van der Waals surface area contributed by atoms with Gasteiger partial charge in [-0.2, -0.15) is 13.2 Å². The van der Waals surface area contributed by atoms with Crippen molar-refractivity contribution < 1.29 is 32.2 Å². The molecule has 0 bridgehead atoms. The summed E-state index contributed by atoms with van der Waals surface area (Å²) in [7, 11) is 1.58. The summed E-state index contributed by atoms with van der Waals surface area (Å²) in [6.07, 6.45) is -0.775. The molecule has 4 rings (SSSR count). The van der Waals surface area contributed by atoms with Crippen LogP contribution in [0.1, 0.15) is 24.0 Å². The molecule has 0 radical (unpaired) electrons. The van der Waals surface area contributed by atoms with Gasteiger partial charge in [-0.15, -0.1) is 0 Å². The van der Waals surface area contributed by atoms with Gasteiger partial charge in [-0.3, -0.25) is 9.59 Å². The van der Waals surface area contributed by atoms with Gasteiger partial charge >= 0.3 is 6.18 Å². The topological polar surface area (TPSA) is 67.9 Å². The van der Waals surface area contributed by atoms with Crippen molar-refractivity contribution in [1.29, 1.82) is 0 Å². The molecular formula is C25H25F3N2O4S. The van der Waals surface area contributed by atoms with Crippen molar-refractivity contribution in [3.05, 3.63) is 53.6 Å². The second-order valence-corrected chi connectivity index (χ2v) is 9.32. The molecule has 0 aromatic heterocycles. The number of alkyl halides is 3. The van der Waals surface area contributed by atoms with Crippen molar-refractivity contribution in [2.24, 2.45) is 5.92 Å². The highest BCUT2D eigenvalue weighted by Gasteiger charge is 2.34. The monoisotopic (exact) mass is 506 g/mol. The molecule has 2 amide bonds. The number of amides is 2. The number of carbonyl (C=O) groups is 2. The lowest BCUT2D eigenvalue weighted by molar-refractivity contribution is -0.139. The van der Waals surface area contributed by atoms with Crippen LogP contribution in [0, 0.1) is 5.92 Å². The Morgan fingerprint density at radius 3 is 2.46 bits per heavy atom. The number of piperidine rings is 1. The molecule has 0 aliphatic carbocycles. The summed E-state index contributed by atoms with van der Waals surface area (Å²) in [5.41, 5.74) is -0.504. The van der Waals surface area contributed by atoms with Gasteiger partial charge in [0.25, 0.3) is 0 Å². The lowest BCUT2D eigenvalue weighted by Crippen LogP contribution is -2.41. The molecule has 10 heteroatoms. The van der Waals surface area contributed by atoms with E-state index in [4.69, 9.17) is 9.47 Å². The molecule has 0 saturated carbocycles. The second-order valence-electron chi connectivity index (χ2n) is 8.21. The van der Waals surface area contributed by atoms with E-state index < -0.39 is 11.7 Å². The number of rotatable bonds is 5. The minimum atomic E-state index is -4.56. The zero-order valence-corrected chi connectivity index (χ0v) is 19.9. The summed E-state index contributed by atoms with van der Waals surface area (Å²) in [5.74, 6) is 0.624. The van der Waals surface area contributed by atoms with E-state index in [9.17, 15) is 22.8 Å². The number of halogens is 3. The normalized spacial score (nSPS) is 16.4. The fourth-order valence-electron chi connectivity index (χ4n) is 4.02. The first-order chi connectivity index (χ1) is 16.7. The van der Waals surface area contributed by atoms with Crippen LogP contribution < -0.4 is 14.8 Å². The number of benzene rings is 2. The van der Waals surface area contributed by atoms with Crippen LogP contribution in [0.4, 0.5) is 13.2 Å². The maximum atomic E-state index is 13.8. The second kappa shape index (κ2) is 10.6. The van der Waals surface area contributed by atoms with Gasteiger partial charge < -0.3 is 19.7 Å². The van der Waals surface area contributed by atoms with E-state index in [2.05, 4.69) is 5.32 Å². The summed E-state index contributed by atoms with van der Waals surface area (Å²) >= 11 is 0.987. The maximum Gasteiger partial charge on any atom is 0.417 e. The fourth-order valence-corrected chi connectivity index (χ4v) is 4.99. The van der Waals surface area contributed by atoms with Gasteiger partial charge in [0.1, 0.15) is 13.2 Å². The Morgan fingerprint density at radius 2 is 1.77 bits per heavy atom. The van der Waals surface area contributed by atoms with Crippen LogP contribution in [0.25, 0.3) is 6.08 Å². The largest absolute Gasteiger partial charge is 0.486 e. The van der Waals surface area contributed by atoms with Crippen molar-refractivity contribution in [1.82, 2.24) is 10.2 Å². The quantitative estimate of drug-likeness (QED) is 0.600. The average Bonchev–Trinajstić information content (AvgIpc) is 2.86. The van der Waals surface area contributed by atoms with Gasteiger partial charge in [-0.1, -0.05) is 17.8 Å². The number of nitrogens with zero attached hydrogens (tertiary/aromatic N) is 1. The number of ether oxygens (including phenoxy) is 2. The Hall–Kier alpha value is -3.14. The van der Waals surface area contributed by atoms with Gasteiger partial charge in [0.2, 0.25) is 11.8 Å².